The number of rotatable bonds is 6. The number of nitrogens with zero attached hydrogens (tertiary/aromatic N) is 3. The number of hydrogen-bond donors (Lipinski definition) is 1. The van der Waals surface area contributed by atoms with Gasteiger partial charge in [0, 0.05) is 69.6 Å². The lowest BCUT2D eigenvalue weighted by molar-refractivity contribution is -0.138. The number of carbonyl (C=O) groups excluding carboxylic acids is 3. The van der Waals surface area contributed by atoms with Crippen LogP contribution in [0.25, 0.3) is 6.08 Å². The molecule has 1 aliphatic heterocycles. The van der Waals surface area contributed by atoms with Gasteiger partial charge in [-0.25, -0.2) is 0 Å². The molecule has 2 fully saturated rings. The summed E-state index contributed by atoms with van der Waals surface area (Å²) >= 11 is 0. The molecular formula is C24H36N4O3. The number of amides is 3. The normalized spacial score (nSPS) is 17.9. The monoisotopic (exact) mass is 428 g/mol. The standard InChI is InChI=1S/C24H36N4O3/c1-18-17-21(19(2)28(18)22-7-5-4-6-8-22)9-10-23(30)25-12-11-24(31)27-15-13-26(14-16-27)20(3)29/h9-10,17,22H,4-8,11-16H2,1-3H3,(H,25,30)/b10-9+. The SMILES string of the molecule is CC(=O)N1CCN(C(=O)CCNC(=O)/C=C/c2cc(C)n(C3CCCCC3)c2C)CC1. The summed E-state index contributed by atoms with van der Waals surface area (Å²) in [5.41, 5.74) is 3.55. The molecule has 1 aliphatic carbocycles. The Bertz CT molecular complexity index is 828. The Hall–Kier alpha value is -2.57. The number of aromatic nitrogens is 1. The molecule has 7 nitrogen and oxygen atoms in total. The van der Waals surface area contributed by atoms with Crippen LogP contribution < -0.4 is 5.32 Å². The van der Waals surface area contributed by atoms with Gasteiger partial charge in [0.2, 0.25) is 17.7 Å². The topological polar surface area (TPSA) is 74.7 Å². The largest absolute Gasteiger partial charge is 0.352 e. The van der Waals surface area contributed by atoms with Crippen LogP contribution in [0.5, 0.6) is 0 Å². The highest BCUT2D eigenvalue weighted by Gasteiger charge is 2.22. The molecule has 0 unspecified atom stereocenters. The van der Waals surface area contributed by atoms with E-state index in [2.05, 4.69) is 29.8 Å². The van der Waals surface area contributed by atoms with Crippen molar-refractivity contribution in [2.24, 2.45) is 0 Å². The maximum atomic E-state index is 12.3. The van der Waals surface area contributed by atoms with Crippen molar-refractivity contribution in [3.05, 3.63) is 29.1 Å². The molecule has 0 bridgehead atoms. The minimum atomic E-state index is -0.184. The second kappa shape index (κ2) is 10.6. The van der Waals surface area contributed by atoms with E-state index >= 15 is 0 Å². The van der Waals surface area contributed by atoms with Gasteiger partial charge in [-0.15, -0.1) is 0 Å². The van der Waals surface area contributed by atoms with Crippen molar-refractivity contribution >= 4 is 23.8 Å². The number of hydrogen-bond acceptors (Lipinski definition) is 3. The third kappa shape index (κ3) is 5.99. The number of nitrogens with one attached hydrogen (secondary N) is 1. The summed E-state index contributed by atoms with van der Waals surface area (Å²) in [6.07, 6.45) is 10.1. The first-order chi connectivity index (χ1) is 14.9. The van der Waals surface area contributed by atoms with Gasteiger partial charge >= 0.3 is 0 Å². The molecule has 1 aromatic heterocycles. The predicted octanol–water partition coefficient (Wildman–Crippen LogP) is 2.82. The molecule has 31 heavy (non-hydrogen) atoms. The van der Waals surface area contributed by atoms with E-state index in [0.717, 1.165) is 5.56 Å². The molecule has 0 spiro atoms. The smallest absolute Gasteiger partial charge is 0.244 e. The van der Waals surface area contributed by atoms with E-state index in [1.165, 1.54) is 43.5 Å². The fraction of sp³-hybridized carbons (Fsp3) is 0.625. The molecule has 2 aliphatic rings. The first kappa shape index (κ1) is 23.1. The van der Waals surface area contributed by atoms with Crippen molar-refractivity contribution in [3.63, 3.8) is 0 Å². The van der Waals surface area contributed by atoms with E-state index in [1.54, 1.807) is 22.8 Å². The summed E-state index contributed by atoms with van der Waals surface area (Å²) in [6.45, 7) is 8.41. The zero-order valence-electron chi connectivity index (χ0n) is 19.2. The van der Waals surface area contributed by atoms with E-state index in [1.807, 2.05) is 6.08 Å². The van der Waals surface area contributed by atoms with Crippen LogP contribution in [0.15, 0.2) is 12.1 Å². The van der Waals surface area contributed by atoms with Crippen molar-refractivity contribution in [1.29, 1.82) is 0 Å². The molecule has 0 atom stereocenters. The molecule has 2 heterocycles. The van der Waals surface area contributed by atoms with Gasteiger partial charge in [0.05, 0.1) is 0 Å². The van der Waals surface area contributed by atoms with Crippen LogP contribution in [0.1, 0.15) is 68.4 Å². The lowest BCUT2D eigenvalue weighted by Crippen LogP contribution is -2.50. The minimum absolute atomic E-state index is 0.0171. The Morgan fingerprint density at radius 2 is 1.68 bits per heavy atom. The summed E-state index contributed by atoms with van der Waals surface area (Å²) in [4.78, 5) is 39.4. The zero-order chi connectivity index (χ0) is 22.4. The van der Waals surface area contributed by atoms with Crippen LogP contribution in [0.4, 0.5) is 0 Å². The van der Waals surface area contributed by atoms with Gasteiger partial charge in [-0.2, -0.15) is 0 Å². The van der Waals surface area contributed by atoms with E-state index in [4.69, 9.17) is 0 Å². The Kier molecular flexibility index (Phi) is 7.93. The first-order valence-corrected chi connectivity index (χ1v) is 11.5. The highest BCUT2D eigenvalue weighted by molar-refractivity contribution is 5.92. The van der Waals surface area contributed by atoms with Crippen LogP contribution in [0.3, 0.4) is 0 Å². The molecule has 1 aromatic rings. The fourth-order valence-corrected chi connectivity index (χ4v) is 4.82. The Balaban J connectivity index is 1.45. The molecule has 0 aromatic carbocycles. The van der Waals surface area contributed by atoms with Crippen molar-refractivity contribution in [3.8, 4) is 0 Å². The molecule has 0 radical (unpaired) electrons. The summed E-state index contributed by atoms with van der Waals surface area (Å²) in [5, 5.41) is 2.81. The van der Waals surface area contributed by atoms with Crippen LogP contribution in [-0.4, -0.2) is 64.8 Å². The van der Waals surface area contributed by atoms with Crippen LogP contribution >= 0.6 is 0 Å². The molecule has 1 saturated heterocycles. The summed E-state index contributed by atoms with van der Waals surface area (Å²) < 4.78 is 2.43. The first-order valence-electron chi connectivity index (χ1n) is 11.5. The minimum Gasteiger partial charge on any atom is -0.352 e. The van der Waals surface area contributed by atoms with Crippen molar-refractivity contribution in [2.45, 2.75) is 65.3 Å². The molecular weight excluding hydrogens is 392 g/mol. The molecule has 7 heteroatoms. The van der Waals surface area contributed by atoms with E-state index in [9.17, 15) is 14.4 Å². The number of aryl methyl sites for hydroxylation is 1. The van der Waals surface area contributed by atoms with Crippen molar-refractivity contribution in [2.75, 3.05) is 32.7 Å². The quantitative estimate of drug-likeness (QED) is 0.708. The van der Waals surface area contributed by atoms with Gasteiger partial charge in [0.1, 0.15) is 0 Å². The third-order valence-electron chi connectivity index (χ3n) is 6.59. The van der Waals surface area contributed by atoms with Crippen LogP contribution in [-0.2, 0) is 14.4 Å². The summed E-state index contributed by atoms with van der Waals surface area (Å²) in [7, 11) is 0. The van der Waals surface area contributed by atoms with Crippen molar-refractivity contribution < 1.29 is 14.4 Å². The average molecular weight is 429 g/mol. The molecule has 1 N–H and O–H groups in total. The number of carbonyl (C=O) groups is 3. The second-order valence-electron chi connectivity index (χ2n) is 8.75. The van der Waals surface area contributed by atoms with Crippen molar-refractivity contribution in [1.82, 2.24) is 19.7 Å². The van der Waals surface area contributed by atoms with Gasteiger partial charge in [-0.3, -0.25) is 14.4 Å². The van der Waals surface area contributed by atoms with Crippen LogP contribution in [0, 0.1) is 13.8 Å². The van der Waals surface area contributed by atoms with Gasteiger partial charge < -0.3 is 19.7 Å². The van der Waals surface area contributed by atoms with Gasteiger partial charge in [0.25, 0.3) is 0 Å². The van der Waals surface area contributed by atoms with E-state index in [0.29, 0.717) is 38.8 Å². The van der Waals surface area contributed by atoms with E-state index in [-0.39, 0.29) is 24.1 Å². The molecule has 3 rings (SSSR count). The Labute approximate surface area is 185 Å². The lowest BCUT2D eigenvalue weighted by Gasteiger charge is -2.34. The highest BCUT2D eigenvalue weighted by Crippen LogP contribution is 2.32. The summed E-state index contributed by atoms with van der Waals surface area (Å²) in [5.74, 6) is -0.120. The predicted molar refractivity (Wildman–Crippen MR) is 122 cm³/mol. The molecule has 3 amide bonds. The van der Waals surface area contributed by atoms with Gasteiger partial charge in [-0.05, 0) is 44.4 Å². The summed E-state index contributed by atoms with van der Waals surface area (Å²) in [6, 6.07) is 2.73. The highest BCUT2D eigenvalue weighted by atomic mass is 16.2. The third-order valence-corrected chi connectivity index (χ3v) is 6.59. The zero-order valence-corrected chi connectivity index (χ0v) is 19.2. The fourth-order valence-electron chi connectivity index (χ4n) is 4.82. The lowest BCUT2D eigenvalue weighted by atomic mass is 9.95. The maximum absolute atomic E-state index is 12.3. The molecule has 170 valence electrons. The Morgan fingerprint density at radius 3 is 2.32 bits per heavy atom. The van der Waals surface area contributed by atoms with E-state index < -0.39 is 0 Å². The Morgan fingerprint density at radius 1 is 1.03 bits per heavy atom. The average Bonchev–Trinajstić information content (AvgIpc) is 3.05. The molecule has 1 saturated carbocycles. The number of piperazine rings is 1. The maximum Gasteiger partial charge on any atom is 0.244 e. The van der Waals surface area contributed by atoms with Gasteiger partial charge in [-0.1, -0.05) is 19.3 Å². The van der Waals surface area contributed by atoms with Crippen LogP contribution in [0.2, 0.25) is 0 Å². The van der Waals surface area contributed by atoms with Gasteiger partial charge in [0.15, 0.2) is 0 Å². The second-order valence-corrected chi connectivity index (χ2v) is 8.75.